The molecule has 1 heterocycles. The van der Waals surface area contributed by atoms with Gasteiger partial charge in [-0.3, -0.25) is 14.4 Å². The molecule has 2 fully saturated rings. The van der Waals surface area contributed by atoms with E-state index < -0.39 is 29.5 Å². The Bertz CT molecular complexity index is 757. The molecule has 1 aliphatic heterocycles. The number of aliphatic carboxylic acids is 1. The number of nitrogens with one attached hydrogen (secondary N) is 1. The second-order valence-electron chi connectivity index (χ2n) is 6.59. The molecule has 1 aromatic carbocycles. The Labute approximate surface area is 147 Å². The van der Waals surface area contributed by atoms with Gasteiger partial charge >= 0.3 is 12.1 Å². The molecule has 6 nitrogen and oxygen atoms in total. The Morgan fingerprint density at radius 3 is 2.42 bits per heavy atom. The molecule has 0 spiro atoms. The zero-order valence-electron chi connectivity index (χ0n) is 13.7. The number of halogens is 3. The topological polar surface area (TPSA) is 86.7 Å². The lowest BCUT2D eigenvalue weighted by Crippen LogP contribution is -2.46. The van der Waals surface area contributed by atoms with Crippen molar-refractivity contribution in [2.75, 3.05) is 11.4 Å². The van der Waals surface area contributed by atoms with E-state index in [1.54, 1.807) is 0 Å². The van der Waals surface area contributed by atoms with Crippen molar-refractivity contribution in [2.45, 2.75) is 37.9 Å². The minimum atomic E-state index is -4.65. The maximum absolute atomic E-state index is 13.2. The molecule has 2 amide bonds. The van der Waals surface area contributed by atoms with E-state index in [1.165, 1.54) is 11.0 Å². The number of hydrogen-bond donors (Lipinski definition) is 2. The molecule has 0 radical (unpaired) electrons. The van der Waals surface area contributed by atoms with Crippen LogP contribution in [-0.4, -0.2) is 35.5 Å². The molecule has 9 heteroatoms. The van der Waals surface area contributed by atoms with E-state index in [0.717, 1.165) is 12.1 Å². The van der Waals surface area contributed by atoms with E-state index in [9.17, 15) is 27.6 Å². The zero-order valence-corrected chi connectivity index (χ0v) is 13.7. The molecule has 2 N–H and O–H groups in total. The highest BCUT2D eigenvalue weighted by molar-refractivity contribution is 5.99. The normalized spacial score (nSPS) is 22.9. The molecule has 1 aromatic rings. The molecule has 3 rings (SSSR count). The molecular weight excluding hydrogens is 353 g/mol. The average Bonchev–Trinajstić information content (AvgIpc) is 2.94. The zero-order chi connectivity index (χ0) is 19.1. The molecule has 2 aliphatic rings. The first-order valence-corrected chi connectivity index (χ1v) is 8.21. The molecule has 140 valence electrons. The number of rotatable bonds is 4. The average molecular weight is 370 g/mol. The summed E-state index contributed by atoms with van der Waals surface area (Å²) in [6.45, 7) is 0.310. The van der Waals surface area contributed by atoms with Crippen LogP contribution >= 0.6 is 0 Å². The first-order chi connectivity index (χ1) is 12.1. The van der Waals surface area contributed by atoms with Gasteiger partial charge in [-0.1, -0.05) is 0 Å². The highest BCUT2D eigenvalue weighted by Crippen LogP contribution is 2.34. The van der Waals surface area contributed by atoms with Crippen molar-refractivity contribution in [3.05, 3.63) is 29.3 Å². The lowest BCUT2D eigenvalue weighted by molar-refractivity contribution is -0.145. The van der Waals surface area contributed by atoms with E-state index in [-0.39, 0.29) is 42.5 Å². The number of anilines is 1. The van der Waals surface area contributed by atoms with Gasteiger partial charge in [0.15, 0.2) is 0 Å². The maximum Gasteiger partial charge on any atom is 0.416 e. The van der Waals surface area contributed by atoms with Crippen molar-refractivity contribution in [1.82, 2.24) is 5.32 Å². The Morgan fingerprint density at radius 2 is 1.88 bits per heavy atom. The molecule has 0 aromatic heterocycles. The Morgan fingerprint density at radius 1 is 1.19 bits per heavy atom. The summed E-state index contributed by atoms with van der Waals surface area (Å²) in [4.78, 5) is 36.2. The molecule has 1 saturated heterocycles. The SMILES string of the molecule is O=C(NC1CC(C(=O)O)C1)c1cc(N2CCCC2=O)cc(C(F)(F)F)c1. The first kappa shape index (κ1) is 18.2. The van der Waals surface area contributed by atoms with Crippen molar-refractivity contribution >= 4 is 23.5 Å². The fraction of sp³-hybridized carbons (Fsp3) is 0.471. The summed E-state index contributed by atoms with van der Waals surface area (Å²) < 4.78 is 39.5. The van der Waals surface area contributed by atoms with Crippen molar-refractivity contribution in [2.24, 2.45) is 5.92 Å². The van der Waals surface area contributed by atoms with Gasteiger partial charge in [0.2, 0.25) is 5.91 Å². The standard InChI is InChI=1S/C17H17F3N2O4/c18-17(19,20)11-4-9(7-13(8-11)22-3-1-2-14(22)23)15(24)21-12-5-10(6-12)16(25)26/h4,7-8,10,12H,1-3,5-6H2,(H,21,24)(H,25,26). The second-order valence-corrected chi connectivity index (χ2v) is 6.59. The monoisotopic (exact) mass is 370 g/mol. The van der Waals surface area contributed by atoms with Crippen LogP contribution in [0.2, 0.25) is 0 Å². The summed E-state index contributed by atoms with van der Waals surface area (Å²) in [6.07, 6.45) is -3.35. The maximum atomic E-state index is 13.2. The predicted octanol–water partition coefficient (Wildman–Crippen LogP) is 2.43. The quantitative estimate of drug-likeness (QED) is 0.852. The molecule has 0 atom stereocenters. The Kier molecular flexibility index (Phi) is 4.64. The largest absolute Gasteiger partial charge is 0.481 e. The number of amides is 2. The second kappa shape index (κ2) is 6.62. The van der Waals surface area contributed by atoms with Crippen LogP contribution in [0.15, 0.2) is 18.2 Å². The summed E-state index contributed by atoms with van der Waals surface area (Å²) >= 11 is 0. The fourth-order valence-corrected chi connectivity index (χ4v) is 3.19. The van der Waals surface area contributed by atoms with Gasteiger partial charge < -0.3 is 15.3 Å². The van der Waals surface area contributed by atoms with Crippen LogP contribution in [0.3, 0.4) is 0 Å². The van der Waals surface area contributed by atoms with E-state index in [4.69, 9.17) is 5.11 Å². The van der Waals surface area contributed by atoms with Crippen LogP contribution in [0.5, 0.6) is 0 Å². The van der Waals surface area contributed by atoms with Crippen LogP contribution in [0.25, 0.3) is 0 Å². The molecule has 0 bridgehead atoms. The molecule has 0 unspecified atom stereocenters. The summed E-state index contributed by atoms with van der Waals surface area (Å²) in [5, 5.41) is 11.4. The minimum absolute atomic E-state index is 0.0458. The molecule has 1 saturated carbocycles. The number of carbonyl (C=O) groups excluding carboxylic acids is 2. The minimum Gasteiger partial charge on any atom is -0.481 e. The number of carboxylic acids is 1. The van der Waals surface area contributed by atoms with Crippen LogP contribution in [0.4, 0.5) is 18.9 Å². The number of nitrogens with zero attached hydrogens (tertiary/aromatic N) is 1. The van der Waals surface area contributed by atoms with Crippen molar-refractivity contribution < 1.29 is 32.7 Å². The number of benzene rings is 1. The van der Waals surface area contributed by atoms with Gasteiger partial charge in [0.05, 0.1) is 11.5 Å². The lowest BCUT2D eigenvalue weighted by atomic mass is 9.80. The molecule has 26 heavy (non-hydrogen) atoms. The number of hydrogen-bond acceptors (Lipinski definition) is 3. The van der Waals surface area contributed by atoms with Gasteiger partial charge in [-0.2, -0.15) is 13.2 Å². The Hall–Kier alpha value is -2.58. The summed E-state index contributed by atoms with van der Waals surface area (Å²) in [5.41, 5.74) is -1.16. The van der Waals surface area contributed by atoms with Gasteiger partial charge in [0.25, 0.3) is 5.91 Å². The van der Waals surface area contributed by atoms with Crippen LogP contribution in [0, 0.1) is 5.92 Å². The van der Waals surface area contributed by atoms with E-state index in [1.807, 2.05) is 0 Å². The smallest absolute Gasteiger partial charge is 0.416 e. The van der Waals surface area contributed by atoms with Crippen molar-refractivity contribution in [1.29, 1.82) is 0 Å². The summed E-state index contributed by atoms with van der Waals surface area (Å²) in [5.74, 6) is -2.49. The molecular formula is C17H17F3N2O4. The van der Waals surface area contributed by atoms with Gasteiger partial charge in [-0.25, -0.2) is 0 Å². The summed E-state index contributed by atoms with van der Waals surface area (Å²) in [6, 6.07) is 2.49. The third kappa shape index (κ3) is 3.66. The predicted molar refractivity (Wildman–Crippen MR) is 84.6 cm³/mol. The van der Waals surface area contributed by atoms with Gasteiger partial charge in [-0.15, -0.1) is 0 Å². The molecule has 1 aliphatic carbocycles. The lowest BCUT2D eigenvalue weighted by Gasteiger charge is -2.33. The van der Waals surface area contributed by atoms with E-state index in [2.05, 4.69) is 5.32 Å². The third-order valence-corrected chi connectivity index (χ3v) is 4.71. The highest BCUT2D eigenvalue weighted by Gasteiger charge is 2.37. The number of carbonyl (C=O) groups is 3. The van der Waals surface area contributed by atoms with Gasteiger partial charge in [0.1, 0.15) is 0 Å². The number of alkyl halides is 3. The van der Waals surface area contributed by atoms with Crippen LogP contribution < -0.4 is 10.2 Å². The van der Waals surface area contributed by atoms with E-state index in [0.29, 0.717) is 13.0 Å². The van der Waals surface area contributed by atoms with E-state index >= 15 is 0 Å². The highest BCUT2D eigenvalue weighted by atomic mass is 19.4. The Balaban J connectivity index is 1.82. The number of carboxylic acid groups (broad SMARTS) is 1. The van der Waals surface area contributed by atoms with Crippen molar-refractivity contribution in [3.8, 4) is 0 Å². The van der Waals surface area contributed by atoms with Crippen LogP contribution in [0.1, 0.15) is 41.6 Å². The van der Waals surface area contributed by atoms with Crippen molar-refractivity contribution in [3.63, 3.8) is 0 Å². The van der Waals surface area contributed by atoms with Gasteiger partial charge in [0, 0.05) is 30.3 Å². The fourth-order valence-electron chi connectivity index (χ4n) is 3.19. The third-order valence-electron chi connectivity index (χ3n) is 4.71. The first-order valence-electron chi connectivity index (χ1n) is 8.21. The summed E-state index contributed by atoms with van der Waals surface area (Å²) in [7, 11) is 0. The van der Waals surface area contributed by atoms with Gasteiger partial charge in [-0.05, 0) is 37.5 Å². The van der Waals surface area contributed by atoms with Crippen LogP contribution in [-0.2, 0) is 15.8 Å².